The topological polar surface area (TPSA) is 3.24 Å². The van der Waals surface area contributed by atoms with Gasteiger partial charge in [0, 0.05) is 32.2 Å². The molecule has 0 spiro atoms. The minimum Gasteiger partial charge on any atom is -0.309 e. The van der Waals surface area contributed by atoms with E-state index >= 15 is 0 Å². The van der Waals surface area contributed by atoms with Crippen molar-refractivity contribution in [2.24, 2.45) is 0 Å². The maximum Gasteiger partial charge on any atom is 0.0640 e. The minimum absolute atomic E-state index is 1.12. The van der Waals surface area contributed by atoms with Crippen molar-refractivity contribution >= 4 is 59.3 Å². The Bertz CT molecular complexity index is 2880. The SMILES string of the molecule is c1ccc(-c2ccc(-c3ccc(N(c4ccc(-c5ccccc5)cc4)c4cccc5c4sc4c6ccccc6c(-c6ccccc6)cc54)cc3)cc2)cc1. The Morgan fingerprint density at radius 3 is 1.19 bits per heavy atom. The number of nitrogens with zero attached hydrogens (tertiary/aromatic N) is 1. The Balaban J connectivity index is 1.12. The molecule has 1 heterocycles. The molecule has 0 amide bonds. The van der Waals surface area contributed by atoms with Crippen LogP contribution in [0.15, 0.2) is 212 Å². The van der Waals surface area contributed by atoms with E-state index in [-0.39, 0.29) is 0 Å². The number of thiophene rings is 1. The van der Waals surface area contributed by atoms with Crippen LogP contribution in [0, 0.1) is 0 Å². The van der Waals surface area contributed by atoms with Crippen LogP contribution in [-0.4, -0.2) is 0 Å². The zero-order valence-electron chi connectivity index (χ0n) is 29.6. The molecule has 0 saturated carbocycles. The number of hydrogen-bond acceptors (Lipinski definition) is 2. The number of anilines is 3. The van der Waals surface area contributed by atoms with Crippen molar-refractivity contribution in [1.82, 2.24) is 0 Å². The highest BCUT2D eigenvalue weighted by Gasteiger charge is 2.20. The summed E-state index contributed by atoms with van der Waals surface area (Å²) in [6.45, 7) is 0. The van der Waals surface area contributed by atoms with Gasteiger partial charge in [-0.2, -0.15) is 0 Å². The molecule has 1 aromatic heterocycles. The molecule has 2 heteroatoms. The van der Waals surface area contributed by atoms with Crippen molar-refractivity contribution < 1.29 is 0 Å². The monoisotopic (exact) mass is 705 g/mol. The van der Waals surface area contributed by atoms with Crippen molar-refractivity contribution in [2.75, 3.05) is 4.90 Å². The molecule has 0 unspecified atom stereocenters. The number of rotatable bonds is 7. The molecular formula is C52H35NS. The second-order valence-electron chi connectivity index (χ2n) is 13.7. The Morgan fingerprint density at radius 1 is 0.278 bits per heavy atom. The van der Waals surface area contributed by atoms with Gasteiger partial charge in [-0.1, -0.05) is 176 Å². The van der Waals surface area contributed by atoms with Gasteiger partial charge < -0.3 is 4.90 Å². The van der Waals surface area contributed by atoms with E-state index in [1.807, 2.05) is 11.3 Å². The van der Waals surface area contributed by atoms with Crippen LogP contribution in [0.5, 0.6) is 0 Å². The Morgan fingerprint density at radius 2 is 0.667 bits per heavy atom. The Kier molecular flexibility index (Phi) is 8.09. The van der Waals surface area contributed by atoms with Crippen molar-refractivity contribution in [1.29, 1.82) is 0 Å². The average Bonchev–Trinajstić information content (AvgIpc) is 3.65. The normalized spacial score (nSPS) is 11.3. The molecule has 0 N–H and O–H groups in total. The number of fused-ring (bicyclic) bond motifs is 5. The van der Waals surface area contributed by atoms with E-state index in [0.29, 0.717) is 0 Å². The van der Waals surface area contributed by atoms with Crippen LogP contribution < -0.4 is 4.90 Å². The van der Waals surface area contributed by atoms with Crippen molar-refractivity contribution in [3.05, 3.63) is 212 Å². The van der Waals surface area contributed by atoms with Gasteiger partial charge in [0.05, 0.1) is 10.4 Å². The largest absolute Gasteiger partial charge is 0.309 e. The highest BCUT2D eigenvalue weighted by atomic mass is 32.1. The number of hydrogen-bond donors (Lipinski definition) is 0. The Labute approximate surface area is 319 Å². The van der Waals surface area contributed by atoms with Crippen molar-refractivity contribution in [3.63, 3.8) is 0 Å². The first-order valence-corrected chi connectivity index (χ1v) is 19.2. The van der Waals surface area contributed by atoms with Gasteiger partial charge in [-0.15, -0.1) is 11.3 Å². The molecule has 10 aromatic rings. The standard InChI is InChI=1S/C52H35NS/c1-4-13-36(14-5-1)38-23-25-39(26-24-38)41-29-33-44(34-30-41)53(43-31-27-40(28-32-43)37-15-6-2-7-16-37)50-22-12-21-47-49-35-48(42-17-8-3-9-18-42)45-19-10-11-20-46(45)51(49)54-52(47)50/h1-35H. The third kappa shape index (κ3) is 5.74. The molecule has 0 aliphatic carbocycles. The van der Waals surface area contributed by atoms with E-state index in [1.165, 1.54) is 81.1 Å². The predicted octanol–water partition coefficient (Wildman–Crippen LogP) is 15.3. The van der Waals surface area contributed by atoms with Gasteiger partial charge in [-0.3, -0.25) is 0 Å². The minimum atomic E-state index is 1.12. The van der Waals surface area contributed by atoms with Crippen LogP contribution >= 0.6 is 11.3 Å². The summed E-state index contributed by atoms with van der Waals surface area (Å²) < 4.78 is 2.59. The molecule has 54 heavy (non-hydrogen) atoms. The summed E-state index contributed by atoms with van der Waals surface area (Å²) in [6, 6.07) is 76.9. The van der Waals surface area contributed by atoms with Crippen molar-refractivity contribution in [2.45, 2.75) is 0 Å². The summed E-state index contributed by atoms with van der Waals surface area (Å²) in [6.07, 6.45) is 0. The Hall–Kier alpha value is -6.74. The number of benzene rings is 9. The van der Waals surface area contributed by atoms with E-state index in [2.05, 4.69) is 217 Å². The van der Waals surface area contributed by atoms with Gasteiger partial charge in [0.2, 0.25) is 0 Å². The van der Waals surface area contributed by atoms with E-state index in [1.54, 1.807) is 0 Å². The fourth-order valence-corrected chi connectivity index (χ4v) is 9.11. The fourth-order valence-electron chi connectivity index (χ4n) is 7.79. The molecule has 0 fully saturated rings. The molecule has 0 atom stereocenters. The molecule has 0 saturated heterocycles. The maximum absolute atomic E-state index is 2.43. The second kappa shape index (κ2) is 13.7. The van der Waals surface area contributed by atoms with E-state index in [9.17, 15) is 0 Å². The molecule has 1 nitrogen and oxygen atoms in total. The molecule has 0 bridgehead atoms. The average molecular weight is 706 g/mol. The first kappa shape index (κ1) is 32.0. The quantitative estimate of drug-likeness (QED) is 0.160. The van der Waals surface area contributed by atoms with Crippen LogP contribution in [0.25, 0.3) is 75.5 Å². The molecule has 254 valence electrons. The summed E-state index contributed by atoms with van der Waals surface area (Å²) >= 11 is 1.90. The zero-order valence-corrected chi connectivity index (χ0v) is 30.4. The van der Waals surface area contributed by atoms with Crippen LogP contribution in [0.3, 0.4) is 0 Å². The second-order valence-corrected chi connectivity index (χ2v) is 14.7. The maximum atomic E-state index is 2.43. The third-order valence-corrected chi connectivity index (χ3v) is 11.8. The first-order chi connectivity index (χ1) is 26.8. The van der Waals surface area contributed by atoms with Crippen LogP contribution in [0.4, 0.5) is 17.1 Å². The van der Waals surface area contributed by atoms with Gasteiger partial charge in [-0.25, -0.2) is 0 Å². The van der Waals surface area contributed by atoms with Crippen LogP contribution in [-0.2, 0) is 0 Å². The molecule has 0 aliphatic heterocycles. The molecular weight excluding hydrogens is 671 g/mol. The van der Waals surface area contributed by atoms with E-state index in [0.717, 1.165) is 11.4 Å². The van der Waals surface area contributed by atoms with Crippen LogP contribution in [0.1, 0.15) is 0 Å². The lowest BCUT2D eigenvalue weighted by Crippen LogP contribution is -2.10. The highest BCUT2D eigenvalue weighted by Crippen LogP contribution is 2.48. The zero-order chi connectivity index (χ0) is 35.8. The summed E-state index contributed by atoms with van der Waals surface area (Å²) in [5.41, 5.74) is 13.2. The molecule has 0 radical (unpaired) electrons. The van der Waals surface area contributed by atoms with E-state index in [4.69, 9.17) is 0 Å². The lowest BCUT2D eigenvalue weighted by molar-refractivity contribution is 1.30. The van der Waals surface area contributed by atoms with Gasteiger partial charge in [0.15, 0.2) is 0 Å². The molecule has 0 aliphatic rings. The molecule has 10 rings (SSSR count). The van der Waals surface area contributed by atoms with Gasteiger partial charge in [0.1, 0.15) is 0 Å². The smallest absolute Gasteiger partial charge is 0.0640 e. The van der Waals surface area contributed by atoms with E-state index < -0.39 is 0 Å². The van der Waals surface area contributed by atoms with Gasteiger partial charge in [-0.05, 0) is 86.3 Å². The van der Waals surface area contributed by atoms with Gasteiger partial charge >= 0.3 is 0 Å². The predicted molar refractivity (Wildman–Crippen MR) is 233 cm³/mol. The lowest BCUT2D eigenvalue weighted by atomic mass is 9.95. The van der Waals surface area contributed by atoms with Gasteiger partial charge in [0.25, 0.3) is 0 Å². The van der Waals surface area contributed by atoms with Crippen molar-refractivity contribution in [3.8, 4) is 44.5 Å². The van der Waals surface area contributed by atoms with Crippen LogP contribution in [0.2, 0.25) is 0 Å². The summed E-state index contributed by atoms with van der Waals surface area (Å²) in [7, 11) is 0. The summed E-state index contributed by atoms with van der Waals surface area (Å²) in [4.78, 5) is 2.43. The highest BCUT2D eigenvalue weighted by molar-refractivity contribution is 7.27. The molecule has 9 aromatic carbocycles. The lowest BCUT2D eigenvalue weighted by Gasteiger charge is -2.26. The fraction of sp³-hybridized carbons (Fsp3) is 0. The summed E-state index contributed by atoms with van der Waals surface area (Å²) in [5.74, 6) is 0. The first-order valence-electron chi connectivity index (χ1n) is 18.4. The third-order valence-electron chi connectivity index (χ3n) is 10.5. The summed E-state index contributed by atoms with van der Waals surface area (Å²) in [5, 5.41) is 5.15.